The number of hydrogen-bond acceptors (Lipinski definition) is 2. The average Bonchev–Trinajstić information content (AvgIpc) is 3.07. The van der Waals surface area contributed by atoms with E-state index in [1.807, 2.05) is 0 Å². The van der Waals surface area contributed by atoms with Crippen LogP contribution in [0.25, 0.3) is 0 Å². The van der Waals surface area contributed by atoms with Gasteiger partial charge in [0.25, 0.3) is 0 Å². The van der Waals surface area contributed by atoms with Gasteiger partial charge in [-0.3, -0.25) is 4.90 Å². The molecule has 2 heteroatoms. The Bertz CT molecular complexity index is 369. The molecule has 1 fully saturated rings. The number of aryl methyl sites for hydroxylation is 2. The third kappa shape index (κ3) is 2.28. The van der Waals surface area contributed by atoms with Gasteiger partial charge in [-0.05, 0) is 44.9 Å². The van der Waals surface area contributed by atoms with E-state index in [2.05, 4.69) is 44.0 Å². The normalized spacial score (nSPS) is 17.8. The minimum atomic E-state index is 0.382. The van der Waals surface area contributed by atoms with E-state index in [0.29, 0.717) is 12.6 Å². The number of benzene rings is 1. The molecule has 1 unspecified atom stereocenters. The standard InChI is InChI=1S/C14H22N2/c1-10-4-5-11(2)13(8-10)14(9-15)16(3)12-6-7-12/h4-5,8,12,14H,6-7,9,15H2,1-3H3. The van der Waals surface area contributed by atoms with Crippen LogP contribution in [0.4, 0.5) is 0 Å². The van der Waals surface area contributed by atoms with E-state index >= 15 is 0 Å². The van der Waals surface area contributed by atoms with E-state index in [9.17, 15) is 0 Å². The first-order valence-electron chi connectivity index (χ1n) is 6.12. The summed E-state index contributed by atoms with van der Waals surface area (Å²) in [6.07, 6.45) is 2.66. The van der Waals surface area contributed by atoms with Crippen LogP contribution in [0.1, 0.15) is 35.6 Å². The second-order valence-electron chi connectivity index (χ2n) is 5.01. The zero-order valence-corrected chi connectivity index (χ0v) is 10.5. The lowest BCUT2D eigenvalue weighted by Crippen LogP contribution is -2.32. The molecule has 0 saturated heterocycles. The van der Waals surface area contributed by atoms with E-state index in [0.717, 1.165) is 6.04 Å². The lowest BCUT2D eigenvalue weighted by atomic mass is 9.98. The molecular weight excluding hydrogens is 196 g/mol. The highest BCUT2D eigenvalue weighted by atomic mass is 15.2. The van der Waals surface area contributed by atoms with Crippen molar-refractivity contribution in [2.45, 2.75) is 38.8 Å². The summed E-state index contributed by atoms with van der Waals surface area (Å²) in [5.74, 6) is 0. The van der Waals surface area contributed by atoms with Crippen LogP contribution in [0.15, 0.2) is 18.2 Å². The van der Waals surface area contributed by atoms with E-state index in [4.69, 9.17) is 5.73 Å². The molecule has 2 nitrogen and oxygen atoms in total. The predicted octanol–water partition coefficient (Wildman–Crippen LogP) is 2.40. The minimum absolute atomic E-state index is 0.382. The summed E-state index contributed by atoms with van der Waals surface area (Å²) in [5, 5.41) is 0. The topological polar surface area (TPSA) is 29.3 Å². The van der Waals surface area contributed by atoms with Crippen molar-refractivity contribution in [3.63, 3.8) is 0 Å². The molecule has 1 aromatic carbocycles. The molecule has 1 aliphatic rings. The van der Waals surface area contributed by atoms with Crippen molar-refractivity contribution < 1.29 is 0 Å². The molecule has 1 aliphatic carbocycles. The highest BCUT2D eigenvalue weighted by Gasteiger charge is 2.31. The second kappa shape index (κ2) is 4.56. The molecule has 2 N–H and O–H groups in total. The summed E-state index contributed by atoms with van der Waals surface area (Å²) in [5.41, 5.74) is 10.0. The van der Waals surface area contributed by atoms with Crippen LogP contribution in [-0.4, -0.2) is 24.5 Å². The van der Waals surface area contributed by atoms with Gasteiger partial charge in [-0.2, -0.15) is 0 Å². The Hall–Kier alpha value is -0.860. The molecule has 0 amide bonds. The van der Waals surface area contributed by atoms with Gasteiger partial charge in [0.2, 0.25) is 0 Å². The SMILES string of the molecule is Cc1ccc(C)c(C(CN)N(C)C2CC2)c1. The fraction of sp³-hybridized carbons (Fsp3) is 0.571. The third-order valence-corrected chi connectivity index (χ3v) is 3.63. The van der Waals surface area contributed by atoms with Gasteiger partial charge in [0.15, 0.2) is 0 Å². The van der Waals surface area contributed by atoms with Crippen molar-refractivity contribution >= 4 is 0 Å². The summed E-state index contributed by atoms with van der Waals surface area (Å²) < 4.78 is 0. The van der Waals surface area contributed by atoms with Crippen LogP contribution >= 0.6 is 0 Å². The van der Waals surface area contributed by atoms with Crippen LogP contribution < -0.4 is 5.73 Å². The van der Waals surface area contributed by atoms with Gasteiger partial charge in [0.1, 0.15) is 0 Å². The second-order valence-corrected chi connectivity index (χ2v) is 5.01. The largest absolute Gasteiger partial charge is 0.329 e. The van der Waals surface area contributed by atoms with Crippen LogP contribution in [0.5, 0.6) is 0 Å². The summed E-state index contributed by atoms with van der Waals surface area (Å²) >= 11 is 0. The third-order valence-electron chi connectivity index (χ3n) is 3.63. The van der Waals surface area contributed by atoms with Crippen molar-refractivity contribution in [3.05, 3.63) is 34.9 Å². The summed E-state index contributed by atoms with van der Waals surface area (Å²) in [6, 6.07) is 7.80. The molecule has 0 aliphatic heterocycles. The zero-order chi connectivity index (χ0) is 11.7. The number of hydrogen-bond donors (Lipinski definition) is 1. The molecule has 0 bridgehead atoms. The first-order chi connectivity index (χ1) is 7.63. The molecule has 1 atom stereocenters. The molecule has 0 spiro atoms. The lowest BCUT2D eigenvalue weighted by molar-refractivity contribution is 0.239. The summed E-state index contributed by atoms with van der Waals surface area (Å²) in [4.78, 5) is 2.45. The Morgan fingerprint density at radius 2 is 2.06 bits per heavy atom. The van der Waals surface area contributed by atoms with Crippen LogP contribution in [0, 0.1) is 13.8 Å². The van der Waals surface area contributed by atoms with Gasteiger partial charge in [0, 0.05) is 18.6 Å². The Balaban J connectivity index is 2.27. The Morgan fingerprint density at radius 3 is 2.62 bits per heavy atom. The molecule has 1 aromatic rings. The molecule has 0 aromatic heterocycles. The molecule has 1 saturated carbocycles. The van der Waals surface area contributed by atoms with Crippen LogP contribution in [-0.2, 0) is 0 Å². The van der Waals surface area contributed by atoms with Gasteiger partial charge in [-0.1, -0.05) is 23.8 Å². The molecule has 16 heavy (non-hydrogen) atoms. The maximum atomic E-state index is 5.95. The van der Waals surface area contributed by atoms with Gasteiger partial charge in [0.05, 0.1) is 0 Å². The number of likely N-dealkylation sites (N-methyl/N-ethyl adjacent to an activating group) is 1. The molecule has 0 radical (unpaired) electrons. The van der Waals surface area contributed by atoms with Crippen molar-refractivity contribution in [2.24, 2.45) is 5.73 Å². The van der Waals surface area contributed by atoms with E-state index < -0.39 is 0 Å². The number of nitrogens with two attached hydrogens (primary N) is 1. The first kappa shape index (κ1) is 11.6. The van der Waals surface area contributed by atoms with Crippen LogP contribution in [0.3, 0.4) is 0 Å². The highest BCUT2D eigenvalue weighted by molar-refractivity contribution is 5.33. The molecule has 0 heterocycles. The minimum Gasteiger partial charge on any atom is -0.329 e. The van der Waals surface area contributed by atoms with Gasteiger partial charge >= 0.3 is 0 Å². The Morgan fingerprint density at radius 1 is 1.38 bits per heavy atom. The van der Waals surface area contributed by atoms with Crippen LogP contribution in [0.2, 0.25) is 0 Å². The fourth-order valence-corrected chi connectivity index (χ4v) is 2.37. The molecule has 2 rings (SSSR count). The van der Waals surface area contributed by atoms with E-state index in [1.54, 1.807) is 0 Å². The highest BCUT2D eigenvalue weighted by Crippen LogP contribution is 2.33. The van der Waals surface area contributed by atoms with Crippen molar-refractivity contribution in [3.8, 4) is 0 Å². The average molecular weight is 218 g/mol. The summed E-state index contributed by atoms with van der Waals surface area (Å²) in [6.45, 7) is 5.03. The number of rotatable bonds is 4. The monoisotopic (exact) mass is 218 g/mol. The van der Waals surface area contributed by atoms with Gasteiger partial charge in [-0.15, -0.1) is 0 Å². The Labute approximate surface area is 98.4 Å². The first-order valence-corrected chi connectivity index (χ1v) is 6.12. The lowest BCUT2D eigenvalue weighted by Gasteiger charge is -2.28. The summed E-state index contributed by atoms with van der Waals surface area (Å²) in [7, 11) is 2.21. The van der Waals surface area contributed by atoms with Gasteiger partial charge in [-0.25, -0.2) is 0 Å². The smallest absolute Gasteiger partial charge is 0.0473 e. The maximum Gasteiger partial charge on any atom is 0.0473 e. The molecule has 88 valence electrons. The van der Waals surface area contributed by atoms with E-state index in [1.165, 1.54) is 29.5 Å². The van der Waals surface area contributed by atoms with Crippen molar-refractivity contribution in [1.29, 1.82) is 0 Å². The van der Waals surface area contributed by atoms with Crippen molar-refractivity contribution in [2.75, 3.05) is 13.6 Å². The quantitative estimate of drug-likeness (QED) is 0.841. The predicted molar refractivity (Wildman–Crippen MR) is 68.5 cm³/mol. The number of nitrogens with zero attached hydrogens (tertiary/aromatic N) is 1. The van der Waals surface area contributed by atoms with Crippen molar-refractivity contribution in [1.82, 2.24) is 4.90 Å². The molecular formula is C14H22N2. The fourth-order valence-electron chi connectivity index (χ4n) is 2.37. The Kier molecular flexibility index (Phi) is 3.31. The zero-order valence-electron chi connectivity index (χ0n) is 10.5. The van der Waals surface area contributed by atoms with E-state index in [-0.39, 0.29) is 0 Å². The van der Waals surface area contributed by atoms with Gasteiger partial charge < -0.3 is 5.73 Å². The maximum absolute atomic E-state index is 5.95.